The summed E-state index contributed by atoms with van der Waals surface area (Å²) in [4.78, 5) is 9.61. The molecule has 2 heterocycles. The predicted molar refractivity (Wildman–Crippen MR) is 98.2 cm³/mol. The van der Waals surface area contributed by atoms with E-state index in [4.69, 9.17) is 4.98 Å². The summed E-state index contributed by atoms with van der Waals surface area (Å²) in [6, 6.07) is 13.3. The zero-order valence-electron chi connectivity index (χ0n) is 14.7. The summed E-state index contributed by atoms with van der Waals surface area (Å²) in [7, 11) is 2.19. The SMILES string of the molecule is Cc1nc(C(C)C)ccc1-c1ccc(N2CCN(C)CC2)cc1. The van der Waals surface area contributed by atoms with Gasteiger partial charge in [-0.15, -0.1) is 0 Å². The van der Waals surface area contributed by atoms with Gasteiger partial charge in [0, 0.05) is 48.8 Å². The van der Waals surface area contributed by atoms with Crippen LogP contribution >= 0.6 is 0 Å². The van der Waals surface area contributed by atoms with Gasteiger partial charge in [0.2, 0.25) is 0 Å². The molecule has 0 saturated carbocycles. The fourth-order valence-electron chi connectivity index (χ4n) is 3.12. The molecule has 3 nitrogen and oxygen atoms in total. The molecular formula is C20H27N3. The van der Waals surface area contributed by atoms with Crippen molar-refractivity contribution in [3.63, 3.8) is 0 Å². The molecule has 1 aliphatic heterocycles. The molecule has 2 aromatic rings. The molecule has 0 radical (unpaired) electrons. The van der Waals surface area contributed by atoms with Crippen molar-refractivity contribution in [2.24, 2.45) is 0 Å². The van der Waals surface area contributed by atoms with E-state index in [0.717, 1.165) is 31.9 Å². The van der Waals surface area contributed by atoms with Crippen LogP contribution in [0, 0.1) is 6.92 Å². The van der Waals surface area contributed by atoms with Crippen LogP contribution in [0.1, 0.15) is 31.2 Å². The van der Waals surface area contributed by atoms with E-state index in [1.54, 1.807) is 0 Å². The second-order valence-electron chi connectivity index (χ2n) is 6.86. The summed E-state index contributed by atoms with van der Waals surface area (Å²) in [6.07, 6.45) is 0. The number of anilines is 1. The molecule has 1 saturated heterocycles. The Hall–Kier alpha value is -1.87. The van der Waals surface area contributed by atoms with Crippen LogP contribution in [0.2, 0.25) is 0 Å². The van der Waals surface area contributed by atoms with Crippen LogP contribution in [0.5, 0.6) is 0 Å². The van der Waals surface area contributed by atoms with E-state index in [-0.39, 0.29) is 0 Å². The molecule has 1 aromatic heterocycles. The monoisotopic (exact) mass is 309 g/mol. The first-order valence-corrected chi connectivity index (χ1v) is 8.56. The molecule has 0 atom stereocenters. The molecule has 122 valence electrons. The molecule has 0 amide bonds. The largest absolute Gasteiger partial charge is 0.369 e. The van der Waals surface area contributed by atoms with Crippen molar-refractivity contribution in [3.8, 4) is 11.1 Å². The number of hydrogen-bond donors (Lipinski definition) is 0. The molecule has 0 bridgehead atoms. The standard InChI is InChI=1S/C20H27N3/c1-15(2)20-10-9-19(16(3)21-20)17-5-7-18(8-6-17)23-13-11-22(4)12-14-23/h5-10,15H,11-14H2,1-4H3. The Morgan fingerprint density at radius 1 is 0.913 bits per heavy atom. The quantitative estimate of drug-likeness (QED) is 0.856. The minimum Gasteiger partial charge on any atom is -0.369 e. The van der Waals surface area contributed by atoms with Crippen LogP contribution in [-0.2, 0) is 0 Å². The molecule has 3 heteroatoms. The van der Waals surface area contributed by atoms with Crippen LogP contribution in [0.25, 0.3) is 11.1 Å². The smallest absolute Gasteiger partial charge is 0.0454 e. The zero-order valence-corrected chi connectivity index (χ0v) is 14.7. The Labute approximate surface area is 140 Å². The summed E-state index contributed by atoms with van der Waals surface area (Å²) < 4.78 is 0. The van der Waals surface area contributed by atoms with Crippen molar-refractivity contribution in [1.82, 2.24) is 9.88 Å². The van der Waals surface area contributed by atoms with Gasteiger partial charge in [-0.1, -0.05) is 32.0 Å². The molecule has 1 fully saturated rings. The van der Waals surface area contributed by atoms with Gasteiger partial charge < -0.3 is 9.80 Å². The summed E-state index contributed by atoms with van der Waals surface area (Å²) in [5.41, 5.74) is 6.10. The summed E-state index contributed by atoms with van der Waals surface area (Å²) >= 11 is 0. The highest BCUT2D eigenvalue weighted by atomic mass is 15.2. The normalized spacial score (nSPS) is 16.1. The Bertz CT molecular complexity index is 653. The average molecular weight is 309 g/mol. The molecule has 1 aromatic carbocycles. The first-order valence-electron chi connectivity index (χ1n) is 8.56. The van der Waals surface area contributed by atoms with Gasteiger partial charge in [0.15, 0.2) is 0 Å². The summed E-state index contributed by atoms with van der Waals surface area (Å²) in [5, 5.41) is 0. The number of benzene rings is 1. The molecule has 23 heavy (non-hydrogen) atoms. The highest BCUT2D eigenvalue weighted by molar-refractivity contribution is 5.68. The summed E-state index contributed by atoms with van der Waals surface area (Å²) in [6.45, 7) is 11.0. The van der Waals surface area contributed by atoms with Crippen molar-refractivity contribution in [2.75, 3.05) is 38.1 Å². The van der Waals surface area contributed by atoms with Gasteiger partial charge >= 0.3 is 0 Å². The molecule has 1 aliphatic rings. The molecule has 0 spiro atoms. The van der Waals surface area contributed by atoms with Gasteiger partial charge in [0.1, 0.15) is 0 Å². The van der Waals surface area contributed by atoms with E-state index >= 15 is 0 Å². The van der Waals surface area contributed by atoms with E-state index in [9.17, 15) is 0 Å². The number of likely N-dealkylation sites (N-methyl/N-ethyl adjacent to an activating group) is 1. The van der Waals surface area contributed by atoms with E-state index in [2.05, 4.69) is 74.0 Å². The van der Waals surface area contributed by atoms with Crippen LogP contribution in [-0.4, -0.2) is 43.1 Å². The fraction of sp³-hybridized carbons (Fsp3) is 0.450. The van der Waals surface area contributed by atoms with Crippen molar-refractivity contribution in [1.29, 1.82) is 0 Å². The second kappa shape index (κ2) is 6.71. The van der Waals surface area contributed by atoms with Crippen LogP contribution in [0.4, 0.5) is 5.69 Å². The van der Waals surface area contributed by atoms with Crippen LogP contribution < -0.4 is 4.90 Å². The fourth-order valence-corrected chi connectivity index (χ4v) is 3.12. The topological polar surface area (TPSA) is 19.4 Å². The first kappa shape index (κ1) is 16.0. The highest BCUT2D eigenvalue weighted by Crippen LogP contribution is 2.27. The van der Waals surface area contributed by atoms with Crippen molar-refractivity contribution in [2.45, 2.75) is 26.7 Å². The third-order valence-corrected chi connectivity index (χ3v) is 4.75. The number of pyridine rings is 1. The summed E-state index contributed by atoms with van der Waals surface area (Å²) in [5.74, 6) is 0.474. The maximum atomic E-state index is 4.75. The third-order valence-electron chi connectivity index (χ3n) is 4.75. The maximum Gasteiger partial charge on any atom is 0.0454 e. The second-order valence-corrected chi connectivity index (χ2v) is 6.86. The van der Waals surface area contributed by atoms with E-state index in [0.29, 0.717) is 5.92 Å². The number of aryl methyl sites for hydroxylation is 1. The minimum absolute atomic E-state index is 0.474. The molecule has 0 unspecified atom stereocenters. The Balaban J connectivity index is 1.79. The Kier molecular flexibility index (Phi) is 4.67. The number of nitrogens with zero attached hydrogens (tertiary/aromatic N) is 3. The number of rotatable bonds is 3. The maximum absolute atomic E-state index is 4.75. The van der Waals surface area contributed by atoms with Gasteiger partial charge in [-0.3, -0.25) is 4.98 Å². The highest BCUT2D eigenvalue weighted by Gasteiger charge is 2.14. The molecule has 0 N–H and O–H groups in total. The lowest BCUT2D eigenvalue weighted by Crippen LogP contribution is -2.44. The van der Waals surface area contributed by atoms with Crippen LogP contribution in [0.3, 0.4) is 0 Å². The number of hydrogen-bond acceptors (Lipinski definition) is 3. The zero-order chi connectivity index (χ0) is 16.4. The van der Waals surface area contributed by atoms with Crippen molar-refractivity contribution < 1.29 is 0 Å². The van der Waals surface area contributed by atoms with Crippen LogP contribution in [0.15, 0.2) is 36.4 Å². The lowest BCUT2D eigenvalue weighted by molar-refractivity contribution is 0.313. The van der Waals surface area contributed by atoms with E-state index in [1.165, 1.54) is 22.5 Å². The molecule has 0 aliphatic carbocycles. The van der Waals surface area contributed by atoms with Gasteiger partial charge in [-0.25, -0.2) is 0 Å². The lowest BCUT2D eigenvalue weighted by Gasteiger charge is -2.34. The number of aromatic nitrogens is 1. The molecule has 3 rings (SSSR count). The van der Waals surface area contributed by atoms with E-state index < -0.39 is 0 Å². The minimum atomic E-state index is 0.474. The van der Waals surface area contributed by atoms with E-state index in [1.807, 2.05) is 0 Å². The van der Waals surface area contributed by atoms with Gasteiger partial charge in [-0.2, -0.15) is 0 Å². The lowest BCUT2D eigenvalue weighted by atomic mass is 10.0. The number of piperazine rings is 1. The van der Waals surface area contributed by atoms with Crippen molar-refractivity contribution >= 4 is 5.69 Å². The van der Waals surface area contributed by atoms with Crippen molar-refractivity contribution in [3.05, 3.63) is 47.8 Å². The third kappa shape index (κ3) is 3.56. The predicted octanol–water partition coefficient (Wildman–Crippen LogP) is 3.93. The van der Waals surface area contributed by atoms with Gasteiger partial charge in [-0.05, 0) is 43.7 Å². The first-order chi connectivity index (χ1) is 11.0. The Morgan fingerprint density at radius 2 is 1.57 bits per heavy atom. The molecular weight excluding hydrogens is 282 g/mol. The Morgan fingerprint density at radius 3 is 2.13 bits per heavy atom. The average Bonchev–Trinajstić information content (AvgIpc) is 2.56. The van der Waals surface area contributed by atoms with Gasteiger partial charge in [0.25, 0.3) is 0 Å². The van der Waals surface area contributed by atoms with Gasteiger partial charge in [0.05, 0.1) is 0 Å².